The van der Waals surface area contributed by atoms with Crippen molar-refractivity contribution >= 4 is 11.8 Å². The maximum absolute atomic E-state index is 13.1. The van der Waals surface area contributed by atoms with Gasteiger partial charge in [-0.3, -0.25) is 9.59 Å². The van der Waals surface area contributed by atoms with Crippen LogP contribution in [0.4, 0.5) is 0 Å². The van der Waals surface area contributed by atoms with Crippen molar-refractivity contribution in [1.29, 1.82) is 0 Å². The first-order valence-electron chi connectivity index (χ1n) is 10.0. The number of benzene rings is 2. The van der Waals surface area contributed by atoms with Crippen molar-refractivity contribution in [2.24, 2.45) is 0 Å². The number of ether oxygens (including phenoxy) is 1. The van der Waals surface area contributed by atoms with E-state index in [2.05, 4.69) is 17.5 Å². The molecule has 0 saturated carbocycles. The molecule has 1 aliphatic heterocycles. The average molecular weight is 392 g/mol. The molecule has 0 saturated heterocycles. The molecule has 0 aromatic heterocycles. The third-order valence-electron chi connectivity index (χ3n) is 5.25. The fraction of sp³-hybridized carbons (Fsp3) is 0.333. The smallest absolute Gasteiger partial charge is 0.258 e. The highest BCUT2D eigenvalue weighted by Crippen LogP contribution is 2.24. The van der Waals surface area contributed by atoms with Gasteiger partial charge in [-0.15, -0.1) is 0 Å². The van der Waals surface area contributed by atoms with Crippen LogP contribution in [0.3, 0.4) is 0 Å². The molecule has 0 aliphatic carbocycles. The Morgan fingerprint density at radius 3 is 2.34 bits per heavy atom. The lowest BCUT2D eigenvalue weighted by atomic mass is 10.0. The third kappa shape index (κ3) is 5.05. The van der Waals surface area contributed by atoms with E-state index < -0.39 is 6.04 Å². The summed E-state index contributed by atoms with van der Waals surface area (Å²) in [6.07, 6.45) is 5.46. The van der Waals surface area contributed by atoms with Crippen LogP contribution in [0.25, 0.3) is 0 Å². The molecule has 3 atom stereocenters. The summed E-state index contributed by atoms with van der Waals surface area (Å²) in [6, 6.07) is 16.3. The number of rotatable bonds is 1. The summed E-state index contributed by atoms with van der Waals surface area (Å²) in [5.41, 5.74) is 1.50. The van der Waals surface area contributed by atoms with Gasteiger partial charge >= 0.3 is 0 Å². The average Bonchev–Trinajstić information content (AvgIpc) is 2.74. The molecule has 5 nitrogen and oxygen atoms in total. The van der Waals surface area contributed by atoms with Gasteiger partial charge in [0.2, 0.25) is 5.91 Å². The van der Waals surface area contributed by atoms with E-state index in [1.807, 2.05) is 43.3 Å². The lowest BCUT2D eigenvalue weighted by molar-refractivity contribution is -0.125. The van der Waals surface area contributed by atoms with Gasteiger partial charge in [0, 0.05) is 13.5 Å². The van der Waals surface area contributed by atoms with E-state index in [-0.39, 0.29) is 24.0 Å². The second kappa shape index (κ2) is 9.41. The van der Waals surface area contributed by atoms with Crippen molar-refractivity contribution in [2.75, 3.05) is 7.05 Å². The Morgan fingerprint density at radius 2 is 1.59 bits per heavy atom. The number of nitrogens with zero attached hydrogens (tertiary/aromatic N) is 1. The molecule has 0 unspecified atom stereocenters. The van der Waals surface area contributed by atoms with Gasteiger partial charge in [-0.05, 0) is 38.0 Å². The number of para-hydroxylation sites is 1. The van der Waals surface area contributed by atoms with Crippen LogP contribution in [-0.4, -0.2) is 35.9 Å². The zero-order chi connectivity index (χ0) is 20.8. The predicted molar refractivity (Wildman–Crippen MR) is 114 cm³/mol. The summed E-state index contributed by atoms with van der Waals surface area (Å²) in [7, 11) is 1.65. The molecule has 1 N–H and O–H groups in total. The molecule has 0 radical (unpaired) electrons. The number of hydrogen-bond acceptors (Lipinski definition) is 3. The zero-order valence-corrected chi connectivity index (χ0v) is 17.2. The van der Waals surface area contributed by atoms with Gasteiger partial charge in [0.1, 0.15) is 11.8 Å². The van der Waals surface area contributed by atoms with E-state index in [1.165, 1.54) is 4.90 Å². The summed E-state index contributed by atoms with van der Waals surface area (Å²) in [5.74, 6) is 0.114. The number of carbonyl (C=O) groups excluding carboxylic acids is 2. The van der Waals surface area contributed by atoms with Gasteiger partial charge in [-0.2, -0.15) is 0 Å². The SMILES string of the molecule is C[C@@H]1C(=O)N[C@H](c2ccccc2)C/C=C\C[C@H](C)Oc2ccccc2C(=O)N1C. The minimum atomic E-state index is -0.619. The molecule has 3 rings (SSSR count). The Morgan fingerprint density at radius 1 is 0.931 bits per heavy atom. The van der Waals surface area contributed by atoms with Crippen molar-refractivity contribution in [3.05, 3.63) is 77.9 Å². The molecule has 1 heterocycles. The number of carbonyl (C=O) groups is 2. The highest BCUT2D eigenvalue weighted by atomic mass is 16.5. The van der Waals surface area contributed by atoms with Crippen molar-refractivity contribution in [1.82, 2.24) is 10.2 Å². The first-order chi connectivity index (χ1) is 14.0. The molecule has 5 heteroatoms. The first-order valence-corrected chi connectivity index (χ1v) is 10.0. The van der Waals surface area contributed by atoms with Crippen molar-refractivity contribution in [3.63, 3.8) is 0 Å². The normalized spacial score (nSPS) is 24.7. The minimum absolute atomic E-state index is 0.0735. The van der Waals surface area contributed by atoms with Gasteiger partial charge in [-0.25, -0.2) is 0 Å². The van der Waals surface area contributed by atoms with Crippen LogP contribution in [0.2, 0.25) is 0 Å². The Balaban J connectivity index is 1.92. The number of likely N-dealkylation sites (N-methyl/N-ethyl adjacent to an activating group) is 1. The summed E-state index contributed by atoms with van der Waals surface area (Å²) in [6.45, 7) is 3.73. The van der Waals surface area contributed by atoms with Crippen LogP contribution in [0.1, 0.15) is 48.7 Å². The standard InChI is InChI=1S/C24H28N2O3/c1-17-11-7-9-15-21(19-12-5-4-6-13-19)25-23(27)18(2)26(3)24(28)20-14-8-10-16-22(20)29-17/h4-10,12-14,16-18,21H,11,15H2,1-3H3,(H,25,27)/b9-7-/t17-,18+,21-/m0/s1. The monoisotopic (exact) mass is 392 g/mol. The van der Waals surface area contributed by atoms with Gasteiger partial charge in [-0.1, -0.05) is 54.6 Å². The molecule has 1 aliphatic rings. The highest BCUT2D eigenvalue weighted by Gasteiger charge is 2.27. The number of hydrogen-bond donors (Lipinski definition) is 1. The van der Waals surface area contributed by atoms with Gasteiger partial charge in [0.15, 0.2) is 0 Å². The third-order valence-corrected chi connectivity index (χ3v) is 5.25. The fourth-order valence-corrected chi connectivity index (χ4v) is 3.33. The Hall–Kier alpha value is -3.08. The van der Waals surface area contributed by atoms with Crippen LogP contribution in [0.15, 0.2) is 66.7 Å². The maximum Gasteiger partial charge on any atom is 0.258 e. The van der Waals surface area contributed by atoms with E-state index >= 15 is 0 Å². The second-order valence-electron chi connectivity index (χ2n) is 7.43. The molecule has 0 fully saturated rings. The van der Waals surface area contributed by atoms with E-state index in [0.29, 0.717) is 24.2 Å². The van der Waals surface area contributed by atoms with E-state index in [1.54, 1.807) is 32.2 Å². The molecular formula is C24H28N2O3. The lowest BCUT2D eigenvalue weighted by Gasteiger charge is -2.28. The van der Waals surface area contributed by atoms with Crippen LogP contribution < -0.4 is 10.1 Å². The summed E-state index contributed by atoms with van der Waals surface area (Å²) < 4.78 is 6.03. The van der Waals surface area contributed by atoms with Gasteiger partial charge < -0.3 is 15.0 Å². The van der Waals surface area contributed by atoms with Crippen LogP contribution in [0.5, 0.6) is 5.75 Å². The Bertz CT molecular complexity index is 879. The highest BCUT2D eigenvalue weighted by molar-refractivity contribution is 5.99. The van der Waals surface area contributed by atoms with Gasteiger partial charge in [0.05, 0.1) is 17.7 Å². The summed E-state index contributed by atoms with van der Waals surface area (Å²) in [4.78, 5) is 27.5. The van der Waals surface area contributed by atoms with Crippen molar-refractivity contribution < 1.29 is 14.3 Å². The Kier molecular flexibility index (Phi) is 6.70. The topological polar surface area (TPSA) is 58.6 Å². The van der Waals surface area contributed by atoms with Crippen molar-refractivity contribution in [3.8, 4) is 5.75 Å². The zero-order valence-electron chi connectivity index (χ0n) is 17.2. The number of amides is 2. The molecular weight excluding hydrogens is 364 g/mol. The lowest BCUT2D eigenvalue weighted by Crippen LogP contribution is -2.47. The molecule has 0 bridgehead atoms. The van der Waals surface area contributed by atoms with Gasteiger partial charge in [0.25, 0.3) is 5.91 Å². The number of nitrogens with one attached hydrogen (secondary N) is 1. The van der Waals surface area contributed by atoms with Crippen molar-refractivity contribution in [2.45, 2.75) is 44.9 Å². The maximum atomic E-state index is 13.1. The quantitative estimate of drug-likeness (QED) is 0.743. The van der Waals surface area contributed by atoms with E-state index in [9.17, 15) is 9.59 Å². The minimum Gasteiger partial charge on any atom is -0.490 e. The molecule has 29 heavy (non-hydrogen) atoms. The second-order valence-corrected chi connectivity index (χ2v) is 7.43. The van der Waals surface area contributed by atoms with Crippen LogP contribution >= 0.6 is 0 Å². The van der Waals surface area contributed by atoms with Crippen LogP contribution in [-0.2, 0) is 4.79 Å². The van der Waals surface area contributed by atoms with Crippen LogP contribution in [0, 0.1) is 0 Å². The van der Waals surface area contributed by atoms with E-state index in [4.69, 9.17) is 4.74 Å². The molecule has 2 amide bonds. The first kappa shape index (κ1) is 20.6. The largest absolute Gasteiger partial charge is 0.490 e. The number of fused-ring (bicyclic) bond motifs is 1. The summed E-state index contributed by atoms with van der Waals surface area (Å²) in [5, 5.41) is 3.11. The Labute approximate surface area is 172 Å². The fourth-order valence-electron chi connectivity index (χ4n) is 3.33. The predicted octanol–water partition coefficient (Wildman–Crippen LogP) is 4.12. The molecule has 2 aromatic rings. The molecule has 2 aromatic carbocycles. The molecule has 0 spiro atoms. The summed E-state index contributed by atoms with van der Waals surface area (Å²) >= 11 is 0. The van der Waals surface area contributed by atoms with E-state index in [0.717, 1.165) is 5.56 Å². The molecule has 152 valence electrons.